The van der Waals surface area contributed by atoms with Crippen LogP contribution in [0.3, 0.4) is 0 Å². The molecule has 1 aliphatic carbocycles. The van der Waals surface area contributed by atoms with Crippen LogP contribution in [0.25, 0.3) is 27.7 Å². The van der Waals surface area contributed by atoms with Crippen molar-refractivity contribution in [3.63, 3.8) is 0 Å². The van der Waals surface area contributed by atoms with Crippen molar-refractivity contribution in [1.82, 2.24) is 4.57 Å². The molecule has 0 amide bonds. The summed E-state index contributed by atoms with van der Waals surface area (Å²) in [5.74, 6) is 0. The molecule has 3 aromatic carbocycles. The summed E-state index contributed by atoms with van der Waals surface area (Å²) in [6, 6.07) is 26.4. The molecule has 1 aromatic heterocycles. The van der Waals surface area contributed by atoms with Crippen LogP contribution < -0.4 is 0 Å². The quantitative estimate of drug-likeness (QED) is 0.299. The molecule has 0 N–H and O–H groups in total. The Bertz CT molecular complexity index is 1120. The number of aromatic nitrogens is 1. The van der Waals surface area contributed by atoms with Crippen molar-refractivity contribution in [2.24, 2.45) is 0 Å². The number of para-hydroxylation sites is 1. The number of halogens is 1. The highest BCUT2D eigenvalue weighted by Crippen LogP contribution is 2.53. The molecule has 1 nitrogen and oxygen atoms in total. The number of nitrogens with zero attached hydrogens (tertiary/aromatic N) is 1. The molecule has 0 fully saturated rings. The molecule has 1 heterocycles. The number of fused-ring (bicyclic) bond motifs is 5. The maximum Gasteiger partial charge on any atom is 0.0539 e. The van der Waals surface area contributed by atoms with E-state index in [1.54, 1.807) is 0 Å². The summed E-state index contributed by atoms with van der Waals surface area (Å²) in [6.07, 6.45) is 0. The standard InChI is InChI=1S/C23H18IN/c1-23(2)19-11-7-6-10-17(19)21-18-14-15(24)12-13-20(18)25(22(21)23)16-8-4-3-5-9-16/h3-14H,1-2H3. The van der Waals surface area contributed by atoms with Gasteiger partial charge in [0.25, 0.3) is 0 Å². The van der Waals surface area contributed by atoms with Gasteiger partial charge in [-0.25, -0.2) is 0 Å². The fourth-order valence-corrected chi connectivity index (χ4v) is 4.84. The molecule has 1 aliphatic rings. The molecular formula is C23H18IN. The topological polar surface area (TPSA) is 4.93 Å². The molecule has 0 saturated carbocycles. The second-order valence-electron chi connectivity index (χ2n) is 7.23. The van der Waals surface area contributed by atoms with Gasteiger partial charge in [-0.2, -0.15) is 0 Å². The van der Waals surface area contributed by atoms with E-state index in [4.69, 9.17) is 0 Å². The minimum atomic E-state index is -0.0216. The van der Waals surface area contributed by atoms with E-state index in [2.05, 4.69) is 114 Å². The molecule has 122 valence electrons. The van der Waals surface area contributed by atoms with Gasteiger partial charge in [0.05, 0.1) is 5.52 Å². The number of rotatable bonds is 1. The number of benzene rings is 3. The van der Waals surface area contributed by atoms with Gasteiger partial charge in [0.2, 0.25) is 0 Å². The third-order valence-electron chi connectivity index (χ3n) is 5.41. The van der Waals surface area contributed by atoms with E-state index in [-0.39, 0.29) is 5.41 Å². The molecule has 0 aliphatic heterocycles. The van der Waals surface area contributed by atoms with E-state index in [1.807, 2.05) is 0 Å². The van der Waals surface area contributed by atoms with Crippen LogP contribution in [0.15, 0.2) is 72.8 Å². The van der Waals surface area contributed by atoms with Crippen LogP contribution >= 0.6 is 22.6 Å². The highest BCUT2D eigenvalue weighted by Gasteiger charge is 2.40. The van der Waals surface area contributed by atoms with Gasteiger partial charge in [0.15, 0.2) is 0 Å². The zero-order valence-corrected chi connectivity index (χ0v) is 16.4. The van der Waals surface area contributed by atoms with Gasteiger partial charge in [-0.3, -0.25) is 0 Å². The first-order valence-electron chi connectivity index (χ1n) is 8.59. The normalized spacial score (nSPS) is 14.5. The molecule has 0 radical (unpaired) electrons. The van der Waals surface area contributed by atoms with E-state index in [9.17, 15) is 0 Å². The van der Waals surface area contributed by atoms with Crippen molar-refractivity contribution in [2.45, 2.75) is 19.3 Å². The highest BCUT2D eigenvalue weighted by atomic mass is 127. The van der Waals surface area contributed by atoms with E-state index < -0.39 is 0 Å². The first-order chi connectivity index (χ1) is 12.1. The maximum absolute atomic E-state index is 2.46. The van der Waals surface area contributed by atoms with Gasteiger partial charge in [-0.15, -0.1) is 0 Å². The lowest BCUT2D eigenvalue weighted by molar-refractivity contribution is 0.624. The van der Waals surface area contributed by atoms with Crippen molar-refractivity contribution in [3.05, 3.63) is 87.6 Å². The molecule has 0 saturated heterocycles. The van der Waals surface area contributed by atoms with E-state index in [0.29, 0.717) is 0 Å². The van der Waals surface area contributed by atoms with Crippen molar-refractivity contribution in [3.8, 4) is 16.8 Å². The Morgan fingerprint density at radius 3 is 2.36 bits per heavy atom. The van der Waals surface area contributed by atoms with Crippen LogP contribution in [0, 0.1) is 3.57 Å². The van der Waals surface area contributed by atoms with Crippen LogP contribution in [-0.4, -0.2) is 4.57 Å². The zero-order chi connectivity index (χ0) is 17.2. The number of hydrogen-bond donors (Lipinski definition) is 0. The molecular weight excluding hydrogens is 417 g/mol. The Labute approximate surface area is 161 Å². The second kappa shape index (κ2) is 5.21. The van der Waals surface area contributed by atoms with E-state index in [0.717, 1.165) is 0 Å². The van der Waals surface area contributed by atoms with Crippen LogP contribution in [0.1, 0.15) is 25.1 Å². The lowest BCUT2D eigenvalue weighted by atomic mass is 9.85. The minimum absolute atomic E-state index is 0.0216. The van der Waals surface area contributed by atoms with Gasteiger partial charge in [-0.1, -0.05) is 56.3 Å². The van der Waals surface area contributed by atoms with Crippen LogP contribution in [0.2, 0.25) is 0 Å². The molecule has 0 atom stereocenters. The molecule has 25 heavy (non-hydrogen) atoms. The Morgan fingerprint density at radius 1 is 0.840 bits per heavy atom. The van der Waals surface area contributed by atoms with Gasteiger partial charge in [-0.05, 0) is 64.0 Å². The van der Waals surface area contributed by atoms with Gasteiger partial charge < -0.3 is 4.57 Å². The number of hydrogen-bond acceptors (Lipinski definition) is 0. The average Bonchev–Trinajstić information content (AvgIpc) is 3.08. The zero-order valence-electron chi connectivity index (χ0n) is 14.3. The highest BCUT2D eigenvalue weighted by molar-refractivity contribution is 14.1. The van der Waals surface area contributed by atoms with Gasteiger partial charge in [0.1, 0.15) is 0 Å². The Morgan fingerprint density at radius 2 is 1.56 bits per heavy atom. The predicted molar refractivity (Wildman–Crippen MR) is 114 cm³/mol. The molecule has 0 unspecified atom stereocenters. The summed E-state index contributed by atoms with van der Waals surface area (Å²) >= 11 is 2.42. The molecule has 5 rings (SSSR count). The maximum atomic E-state index is 2.46. The third kappa shape index (κ3) is 2.00. The monoisotopic (exact) mass is 435 g/mol. The van der Waals surface area contributed by atoms with Crippen molar-refractivity contribution < 1.29 is 0 Å². The molecule has 0 spiro atoms. The smallest absolute Gasteiger partial charge is 0.0539 e. The average molecular weight is 435 g/mol. The minimum Gasteiger partial charge on any atom is -0.312 e. The fourth-order valence-electron chi connectivity index (χ4n) is 4.35. The van der Waals surface area contributed by atoms with Crippen molar-refractivity contribution >= 4 is 33.5 Å². The summed E-state index contributed by atoms with van der Waals surface area (Å²) in [5.41, 5.74) is 8.10. The summed E-state index contributed by atoms with van der Waals surface area (Å²) in [4.78, 5) is 0. The summed E-state index contributed by atoms with van der Waals surface area (Å²) in [6.45, 7) is 4.70. The van der Waals surface area contributed by atoms with E-state index >= 15 is 0 Å². The summed E-state index contributed by atoms with van der Waals surface area (Å²) in [7, 11) is 0. The molecule has 4 aromatic rings. The fraction of sp³-hybridized carbons (Fsp3) is 0.130. The predicted octanol–water partition coefficient (Wildman–Crippen LogP) is 6.54. The second-order valence-corrected chi connectivity index (χ2v) is 8.47. The lowest BCUT2D eigenvalue weighted by Crippen LogP contribution is -2.19. The van der Waals surface area contributed by atoms with E-state index in [1.165, 1.54) is 42.5 Å². The van der Waals surface area contributed by atoms with Gasteiger partial charge >= 0.3 is 0 Å². The first kappa shape index (κ1) is 15.2. The Balaban J connectivity index is 2.01. The summed E-state index contributed by atoms with van der Waals surface area (Å²) < 4.78 is 3.74. The van der Waals surface area contributed by atoms with Gasteiger partial charge in [0, 0.05) is 31.3 Å². The van der Waals surface area contributed by atoms with Crippen molar-refractivity contribution in [2.75, 3.05) is 0 Å². The third-order valence-corrected chi connectivity index (χ3v) is 6.08. The Kier molecular flexibility index (Phi) is 3.17. The van der Waals surface area contributed by atoms with Crippen molar-refractivity contribution in [1.29, 1.82) is 0 Å². The van der Waals surface area contributed by atoms with Crippen LogP contribution in [0.4, 0.5) is 0 Å². The largest absolute Gasteiger partial charge is 0.312 e. The molecule has 2 heteroatoms. The van der Waals surface area contributed by atoms with Crippen LogP contribution in [-0.2, 0) is 5.41 Å². The SMILES string of the molecule is CC1(C)c2ccccc2-c2c1n(-c1ccccc1)c1ccc(I)cc21. The first-order valence-corrected chi connectivity index (χ1v) is 9.66. The Hall–Kier alpha value is -2.07. The molecule has 0 bridgehead atoms. The lowest BCUT2D eigenvalue weighted by Gasteiger charge is -2.24. The van der Waals surface area contributed by atoms with Crippen LogP contribution in [0.5, 0.6) is 0 Å². The summed E-state index contributed by atoms with van der Waals surface area (Å²) in [5, 5.41) is 1.35.